The van der Waals surface area contributed by atoms with Crippen molar-refractivity contribution in [3.63, 3.8) is 0 Å². The standard InChI is InChI=1S/C10H13N3S/c1-8-2-3-14-10(8)7-11-4-9-5-12-13-6-9/h2-3,5-6,11H,4,7H2,1H3,(H,12,13). The minimum absolute atomic E-state index is 0.869. The monoisotopic (exact) mass is 207 g/mol. The third-order valence-electron chi connectivity index (χ3n) is 2.14. The summed E-state index contributed by atoms with van der Waals surface area (Å²) in [6.07, 6.45) is 3.75. The fourth-order valence-electron chi connectivity index (χ4n) is 1.28. The predicted octanol–water partition coefficient (Wildman–Crippen LogP) is 2.07. The third-order valence-corrected chi connectivity index (χ3v) is 3.16. The normalized spacial score (nSPS) is 10.6. The van der Waals surface area contributed by atoms with Crippen LogP contribution in [0.1, 0.15) is 16.0 Å². The summed E-state index contributed by atoms with van der Waals surface area (Å²) in [6.45, 7) is 3.95. The van der Waals surface area contributed by atoms with Gasteiger partial charge in [-0.15, -0.1) is 11.3 Å². The fraction of sp³-hybridized carbons (Fsp3) is 0.300. The molecule has 3 nitrogen and oxygen atoms in total. The van der Waals surface area contributed by atoms with Crippen LogP contribution < -0.4 is 5.32 Å². The number of rotatable bonds is 4. The summed E-state index contributed by atoms with van der Waals surface area (Å²) < 4.78 is 0. The second-order valence-electron chi connectivity index (χ2n) is 3.24. The summed E-state index contributed by atoms with van der Waals surface area (Å²) in [5.74, 6) is 0. The molecule has 2 aromatic rings. The molecule has 0 saturated heterocycles. The van der Waals surface area contributed by atoms with Gasteiger partial charge in [-0.1, -0.05) is 0 Å². The van der Waals surface area contributed by atoms with Crippen molar-refractivity contribution in [2.45, 2.75) is 20.0 Å². The summed E-state index contributed by atoms with van der Waals surface area (Å²) in [5.41, 5.74) is 2.56. The molecule has 0 aliphatic rings. The van der Waals surface area contributed by atoms with Gasteiger partial charge in [0.2, 0.25) is 0 Å². The lowest BCUT2D eigenvalue weighted by Crippen LogP contribution is -2.11. The van der Waals surface area contributed by atoms with E-state index < -0.39 is 0 Å². The number of aryl methyl sites for hydroxylation is 1. The molecular formula is C10H13N3S. The number of H-pyrrole nitrogens is 1. The van der Waals surface area contributed by atoms with E-state index in [0.29, 0.717) is 0 Å². The number of thiophene rings is 1. The lowest BCUT2D eigenvalue weighted by Gasteiger charge is -2.01. The first-order chi connectivity index (χ1) is 6.86. The van der Waals surface area contributed by atoms with Gasteiger partial charge in [0.15, 0.2) is 0 Å². The molecule has 2 rings (SSSR count). The Kier molecular flexibility index (Phi) is 2.96. The molecule has 0 saturated carbocycles. The molecule has 74 valence electrons. The Bertz CT molecular complexity index is 378. The van der Waals surface area contributed by atoms with Crippen LogP contribution >= 0.6 is 11.3 Å². The van der Waals surface area contributed by atoms with Gasteiger partial charge < -0.3 is 5.32 Å². The molecule has 14 heavy (non-hydrogen) atoms. The van der Waals surface area contributed by atoms with E-state index in [0.717, 1.165) is 13.1 Å². The Morgan fingerprint density at radius 3 is 3.07 bits per heavy atom. The van der Waals surface area contributed by atoms with Gasteiger partial charge in [-0.2, -0.15) is 5.10 Å². The summed E-state index contributed by atoms with van der Waals surface area (Å²) in [6, 6.07) is 2.15. The van der Waals surface area contributed by atoms with E-state index in [9.17, 15) is 0 Å². The van der Waals surface area contributed by atoms with E-state index in [1.54, 1.807) is 11.3 Å². The molecular weight excluding hydrogens is 194 g/mol. The van der Waals surface area contributed by atoms with Crippen LogP contribution in [0.5, 0.6) is 0 Å². The Morgan fingerprint density at radius 1 is 1.50 bits per heavy atom. The van der Waals surface area contributed by atoms with Crippen molar-refractivity contribution in [2.24, 2.45) is 0 Å². The highest BCUT2D eigenvalue weighted by molar-refractivity contribution is 7.10. The van der Waals surface area contributed by atoms with Gasteiger partial charge in [-0.3, -0.25) is 5.10 Å². The van der Waals surface area contributed by atoms with Crippen molar-refractivity contribution in [1.29, 1.82) is 0 Å². The number of nitrogens with one attached hydrogen (secondary N) is 2. The van der Waals surface area contributed by atoms with Gasteiger partial charge in [0.25, 0.3) is 0 Å². The first kappa shape index (κ1) is 9.43. The minimum Gasteiger partial charge on any atom is -0.308 e. The number of hydrogen-bond acceptors (Lipinski definition) is 3. The van der Waals surface area contributed by atoms with E-state index in [-0.39, 0.29) is 0 Å². The summed E-state index contributed by atoms with van der Waals surface area (Å²) in [7, 11) is 0. The highest BCUT2D eigenvalue weighted by Gasteiger charge is 1.99. The van der Waals surface area contributed by atoms with Crippen LogP contribution in [-0.4, -0.2) is 10.2 Å². The predicted molar refractivity (Wildman–Crippen MR) is 58.2 cm³/mol. The molecule has 0 aromatic carbocycles. The zero-order valence-corrected chi connectivity index (χ0v) is 8.90. The van der Waals surface area contributed by atoms with Gasteiger partial charge in [-0.05, 0) is 23.9 Å². The average Bonchev–Trinajstić information content (AvgIpc) is 2.78. The lowest BCUT2D eigenvalue weighted by atomic mass is 10.3. The SMILES string of the molecule is Cc1ccsc1CNCc1cn[nH]c1. The Balaban J connectivity index is 1.81. The van der Waals surface area contributed by atoms with Crippen LogP contribution in [0.25, 0.3) is 0 Å². The minimum atomic E-state index is 0.869. The van der Waals surface area contributed by atoms with Crippen molar-refractivity contribution in [3.05, 3.63) is 39.8 Å². The van der Waals surface area contributed by atoms with Crippen LogP contribution in [0.15, 0.2) is 23.8 Å². The second kappa shape index (κ2) is 4.39. The van der Waals surface area contributed by atoms with Crippen molar-refractivity contribution in [3.8, 4) is 0 Å². The van der Waals surface area contributed by atoms with Crippen LogP contribution in [-0.2, 0) is 13.1 Å². The van der Waals surface area contributed by atoms with Gasteiger partial charge in [0.05, 0.1) is 6.20 Å². The first-order valence-electron chi connectivity index (χ1n) is 4.57. The maximum atomic E-state index is 3.89. The topological polar surface area (TPSA) is 40.7 Å². The van der Waals surface area contributed by atoms with E-state index in [1.165, 1.54) is 16.0 Å². The smallest absolute Gasteiger partial charge is 0.0532 e. The molecule has 0 spiro atoms. The molecule has 0 fully saturated rings. The van der Waals surface area contributed by atoms with E-state index in [4.69, 9.17) is 0 Å². The molecule has 0 amide bonds. The molecule has 2 N–H and O–H groups in total. The molecule has 0 bridgehead atoms. The number of aromatic amines is 1. The number of aromatic nitrogens is 2. The Morgan fingerprint density at radius 2 is 2.43 bits per heavy atom. The summed E-state index contributed by atoms with van der Waals surface area (Å²) in [5, 5.41) is 12.2. The van der Waals surface area contributed by atoms with Crippen LogP contribution in [0.4, 0.5) is 0 Å². The maximum absolute atomic E-state index is 3.89. The molecule has 0 aliphatic carbocycles. The Hall–Kier alpha value is -1.13. The van der Waals surface area contributed by atoms with Crippen LogP contribution in [0.3, 0.4) is 0 Å². The van der Waals surface area contributed by atoms with E-state index in [2.05, 4.69) is 33.9 Å². The summed E-state index contributed by atoms with van der Waals surface area (Å²) >= 11 is 1.80. The van der Waals surface area contributed by atoms with Crippen LogP contribution in [0.2, 0.25) is 0 Å². The lowest BCUT2D eigenvalue weighted by molar-refractivity contribution is 0.699. The van der Waals surface area contributed by atoms with Crippen molar-refractivity contribution < 1.29 is 0 Å². The number of hydrogen-bond donors (Lipinski definition) is 2. The van der Waals surface area contributed by atoms with Crippen molar-refractivity contribution >= 4 is 11.3 Å². The quantitative estimate of drug-likeness (QED) is 0.805. The fourth-order valence-corrected chi connectivity index (χ4v) is 2.16. The highest BCUT2D eigenvalue weighted by atomic mass is 32.1. The zero-order chi connectivity index (χ0) is 9.80. The van der Waals surface area contributed by atoms with Gasteiger partial charge in [0.1, 0.15) is 0 Å². The molecule has 4 heteroatoms. The second-order valence-corrected chi connectivity index (χ2v) is 4.24. The highest BCUT2D eigenvalue weighted by Crippen LogP contribution is 2.14. The molecule has 0 atom stereocenters. The molecule has 0 unspecified atom stereocenters. The molecule has 0 aliphatic heterocycles. The maximum Gasteiger partial charge on any atom is 0.0532 e. The Labute approximate surface area is 87.2 Å². The summed E-state index contributed by atoms with van der Waals surface area (Å²) in [4.78, 5) is 1.41. The van der Waals surface area contributed by atoms with Gasteiger partial charge >= 0.3 is 0 Å². The van der Waals surface area contributed by atoms with Crippen molar-refractivity contribution in [1.82, 2.24) is 15.5 Å². The largest absolute Gasteiger partial charge is 0.308 e. The average molecular weight is 207 g/mol. The third kappa shape index (κ3) is 2.21. The van der Waals surface area contributed by atoms with E-state index in [1.807, 2.05) is 12.4 Å². The molecule has 2 aromatic heterocycles. The first-order valence-corrected chi connectivity index (χ1v) is 5.45. The number of nitrogens with zero attached hydrogens (tertiary/aromatic N) is 1. The van der Waals surface area contributed by atoms with Crippen molar-refractivity contribution in [2.75, 3.05) is 0 Å². The molecule has 2 heterocycles. The zero-order valence-electron chi connectivity index (χ0n) is 8.08. The molecule has 0 radical (unpaired) electrons. The van der Waals surface area contributed by atoms with Gasteiger partial charge in [0, 0.05) is 29.7 Å². The van der Waals surface area contributed by atoms with Gasteiger partial charge in [-0.25, -0.2) is 0 Å². The van der Waals surface area contributed by atoms with E-state index >= 15 is 0 Å². The van der Waals surface area contributed by atoms with Crippen LogP contribution in [0, 0.1) is 6.92 Å².